The predicted molar refractivity (Wildman–Crippen MR) is 57.3 cm³/mol. The Morgan fingerprint density at radius 3 is 3.00 bits per heavy atom. The maximum Gasteiger partial charge on any atom is 0.0943 e. The largest absolute Gasteiger partial charge is 0.387 e. The van der Waals surface area contributed by atoms with E-state index < -0.39 is 6.10 Å². The normalized spacial score (nSPS) is 26.8. The van der Waals surface area contributed by atoms with Gasteiger partial charge in [-0.15, -0.1) is 0 Å². The molecule has 3 N–H and O–H groups in total. The maximum absolute atomic E-state index is 9.93. The number of benzene rings is 1. The summed E-state index contributed by atoms with van der Waals surface area (Å²) in [6.45, 7) is 0. The van der Waals surface area contributed by atoms with Crippen LogP contribution < -0.4 is 5.73 Å². The van der Waals surface area contributed by atoms with E-state index in [1.54, 1.807) is 0 Å². The lowest BCUT2D eigenvalue weighted by molar-refractivity contribution is 0.144. The molecule has 14 heavy (non-hydrogen) atoms. The summed E-state index contributed by atoms with van der Waals surface area (Å²) in [4.78, 5) is 0. The summed E-state index contributed by atoms with van der Waals surface area (Å²) in [5, 5.41) is 10.7. The molecule has 0 bridgehead atoms. The fraction of sp³-hybridized carbons (Fsp3) is 0.455. The Bertz CT molecular complexity index is 340. The van der Waals surface area contributed by atoms with Crippen molar-refractivity contribution in [3.63, 3.8) is 0 Å². The summed E-state index contributed by atoms with van der Waals surface area (Å²) in [6.07, 6.45) is 2.31. The van der Waals surface area contributed by atoms with E-state index in [1.165, 1.54) is 0 Å². The zero-order valence-electron chi connectivity index (χ0n) is 7.91. The van der Waals surface area contributed by atoms with E-state index in [-0.39, 0.29) is 6.04 Å². The molecule has 0 unspecified atom stereocenters. The smallest absolute Gasteiger partial charge is 0.0943 e. The third kappa shape index (κ3) is 1.78. The van der Waals surface area contributed by atoms with Crippen molar-refractivity contribution < 1.29 is 5.11 Å². The summed E-state index contributed by atoms with van der Waals surface area (Å²) < 4.78 is 0. The third-order valence-electron chi connectivity index (χ3n) is 2.81. The highest BCUT2D eigenvalue weighted by atomic mass is 35.5. The molecule has 2 nitrogen and oxygen atoms in total. The first kappa shape index (κ1) is 9.97. The van der Waals surface area contributed by atoms with Crippen molar-refractivity contribution in [3.05, 3.63) is 34.3 Å². The van der Waals surface area contributed by atoms with Gasteiger partial charge in [0.05, 0.1) is 6.10 Å². The molecule has 1 aromatic rings. The van der Waals surface area contributed by atoms with Crippen LogP contribution in [-0.4, -0.2) is 11.1 Å². The lowest BCUT2D eigenvalue weighted by Gasteiger charge is -2.17. The summed E-state index contributed by atoms with van der Waals surface area (Å²) >= 11 is 5.90. The van der Waals surface area contributed by atoms with Crippen molar-refractivity contribution in [2.45, 2.75) is 31.4 Å². The first-order valence-corrected chi connectivity index (χ1v) is 5.28. The van der Waals surface area contributed by atoms with Gasteiger partial charge in [-0.2, -0.15) is 0 Å². The number of halogens is 1. The zero-order chi connectivity index (χ0) is 10.1. The van der Waals surface area contributed by atoms with Gasteiger partial charge in [-0.1, -0.05) is 17.7 Å². The Balaban J connectivity index is 2.43. The van der Waals surface area contributed by atoms with Crippen LogP contribution in [0.3, 0.4) is 0 Å². The number of fused-ring (bicyclic) bond motifs is 1. The van der Waals surface area contributed by atoms with Gasteiger partial charge in [-0.05, 0) is 42.5 Å². The molecule has 0 radical (unpaired) electrons. The van der Waals surface area contributed by atoms with Gasteiger partial charge < -0.3 is 10.8 Å². The van der Waals surface area contributed by atoms with Gasteiger partial charge in [-0.3, -0.25) is 0 Å². The van der Waals surface area contributed by atoms with Crippen LogP contribution in [0.15, 0.2) is 18.2 Å². The molecule has 2 atom stereocenters. The number of aliphatic hydroxyl groups excluding tert-OH is 1. The highest BCUT2D eigenvalue weighted by Crippen LogP contribution is 2.29. The van der Waals surface area contributed by atoms with Gasteiger partial charge >= 0.3 is 0 Å². The fourth-order valence-electron chi connectivity index (χ4n) is 2.00. The molecule has 3 heteroatoms. The second-order valence-electron chi connectivity index (χ2n) is 3.84. The number of hydrogen-bond donors (Lipinski definition) is 2. The second kappa shape index (κ2) is 3.89. The van der Waals surface area contributed by atoms with Crippen LogP contribution in [0.2, 0.25) is 5.02 Å². The van der Waals surface area contributed by atoms with Crippen LogP contribution in [0.4, 0.5) is 0 Å². The topological polar surface area (TPSA) is 46.2 Å². The van der Waals surface area contributed by atoms with Crippen molar-refractivity contribution in [3.8, 4) is 0 Å². The molecule has 1 aliphatic rings. The molecule has 0 heterocycles. The summed E-state index contributed by atoms with van der Waals surface area (Å²) in [7, 11) is 0. The summed E-state index contributed by atoms with van der Waals surface area (Å²) in [5.41, 5.74) is 7.93. The van der Waals surface area contributed by atoms with Crippen LogP contribution in [0.25, 0.3) is 0 Å². The first-order chi connectivity index (χ1) is 6.68. The van der Waals surface area contributed by atoms with Crippen LogP contribution in [0, 0.1) is 0 Å². The lowest BCUT2D eigenvalue weighted by atomic mass is 9.99. The summed E-state index contributed by atoms with van der Waals surface area (Å²) in [5.74, 6) is 0. The highest BCUT2D eigenvalue weighted by molar-refractivity contribution is 6.30. The van der Waals surface area contributed by atoms with Crippen molar-refractivity contribution in [1.29, 1.82) is 0 Å². The van der Waals surface area contributed by atoms with Gasteiger partial charge in [0.1, 0.15) is 0 Å². The van der Waals surface area contributed by atoms with E-state index in [4.69, 9.17) is 17.3 Å². The molecule has 0 amide bonds. The zero-order valence-corrected chi connectivity index (χ0v) is 8.67. The van der Waals surface area contributed by atoms with Gasteiger partial charge in [0.15, 0.2) is 0 Å². The van der Waals surface area contributed by atoms with Crippen LogP contribution in [-0.2, 0) is 6.42 Å². The minimum absolute atomic E-state index is 0.141. The van der Waals surface area contributed by atoms with Crippen LogP contribution in [0.5, 0.6) is 0 Å². The number of aliphatic hydroxyl groups is 1. The van der Waals surface area contributed by atoms with Crippen molar-refractivity contribution in [1.82, 2.24) is 0 Å². The van der Waals surface area contributed by atoms with Crippen LogP contribution >= 0.6 is 11.6 Å². The molecule has 0 aliphatic heterocycles. The molecule has 1 aliphatic carbocycles. The number of hydrogen-bond acceptors (Lipinski definition) is 2. The third-order valence-corrected chi connectivity index (χ3v) is 3.05. The van der Waals surface area contributed by atoms with Gasteiger partial charge in [0.25, 0.3) is 0 Å². The Morgan fingerprint density at radius 1 is 1.43 bits per heavy atom. The van der Waals surface area contributed by atoms with E-state index >= 15 is 0 Å². The molecular weight excluding hydrogens is 198 g/mol. The molecule has 0 saturated heterocycles. The van der Waals surface area contributed by atoms with Gasteiger partial charge in [0, 0.05) is 11.1 Å². The molecule has 1 aromatic carbocycles. The standard InChI is InChI=1S/C11H14ClNO/c12-8-4-5-9-7(6-8)2-1-3-10(13)11(9)14/h4-6,10-11,14H,1-3,13H2/t10-,11-/m1/s1. The monoisotopic (exact) mass is 211 g/mol. The second-order valence-corrected chi connectivity index (χ2v) is 4.28. The van der Waals surface area contributed by atoms with E-state index in [1.807, 2.05) is 18.2 Å². The Hall–Kier alpha value is -0.570. The quantitative estimate of drug-likeness (QED) is 0.646. The minimum atomic E-state index is -0.537. The molecule has 2 rings (SSSR count). The number of rotatable bonds is 0. The molecular formula is C11H14ClNO. The highest BCUT2D eigenvalue weighted by Gasteiger charge is 2.22. The van der Waals surface area contributed by atoms with Gasteiger partial charge in [0.2, 0.25) is 0 Å². The lowest BCUT2D eigenvalue weighted by Crippen LogP contribution is -2.27. The number of nitrogens with two attached hydrogens (primary N) is 1. The fourth-order valence-corrected chi connectivity index (χ4v) is 2.19. The molecule has 0 aromatic heterocycles. The van der Waals surface area contributed by atoms with E-state index in [0.29, 0.717) is 0 Å². The summed E-state index contributed by atoms with van der Waals surface area (Å²) in [6, 6.07) is 5.48. The van der Waals surface area contributed by atoms with E-state index in [9.17, 15) is 5.11 Å². The average molecular weight is 212 g/mol. The van der Waals surface area contributed by atoms with Gasteiger partial charge in [-0.25, -0.2) is 0 Å². The molecule has 0 fully saturated rings. The minimum Gasteiger partial charge on any atom is -0.387 e. The van der Waals surface area contributed by atoms with Crippen molar-refractivity contribution in [2.24, 2.45) is 5.73 Å². The Labute approximate surface area is 88.7 Å². The average Bonchev–Trinajstić information content (AvgIpc) is 2.28. The molecule has 76 valence electrons. The van der Waals surface area contributed by atoms with E-state index in [2.05, 4.69) is 0 Å². The molecule has 0 saturated carbocycles. The van der Waals surface area contributed by atoms with Crippen molar-refractivity contribution in [2.75, 3.05) is 0 Å². The Kier molecular flexibility index (Phi) is 2.77. The van der Waals surface area contributed by atoms with E-state index in [0.717, 1.165) is 35.4 Å². The predicted octanol–water partition coefficient (Wildman–Crippen LogP) is 2.04. The molecule has 0 spiro atoms. The van der Waals surface area contributed by atoms with Crippen molar-refractivity contribution >= 4 is 11.6 Å². The van der Waals surface area contributed by atoms with Crippen LogP contribution in [0.1, 0.15) is 30.1 Å². The Morgan fingerprint density at radius 2 is 2.21 bits per heavy atom. The first-order valence-electron chi connectivity index (χ1n) is 4.90. The number of aryl methyl sites for hydroxylation is 1. The maximum atomic E-state index is 9.93. The SMILES string of the molecule is N[C@@H]1CCCc2cc(Cl)ccc2[C@H]1O.